The lowest BCUT2D eigenvalue weighted by atomic mass is 10.1. The third-order valence-corrected chi connectivity index (χ3v) is 2.49. The summed E-state index contributed by atoms with van der Waals surface area (Å²) in [5.41, 5.74) is 0. The molecule has 2 atom stereocenters. The van der Waals surface area contributed by atoms with Gasteiger partial charge in [0.05, 0.1) is 25.7 Å². The highest BCUT2D eigenvalue weighted by Crippen LogP contribution is 2.20. The molecule has 1 amide bonds. The van der Waals surface area contributed by atoms with Crippen LogP contribution in [-0.4, -0.2) is 48.2 Å². The van der Waals surface area contributed by atoms with E-state index in [1.54, 1.807) is 6.92 Å². The first kappa shape index (κ1) is 11.0. The summed E-state index contributed by atoms with van der Waals surface area (Å²) < 4.78 is 4.56. The van der Waals surface area contributed by atoms with E-state index in [4.69, 9.17) is 5.11 Å². The van der Waals surface area contributed by atoms with Crippen LogP contribution in [0.3, 0.4) is 0 Å². The van der Waals surface area contributed by atoms with Crippen LogP contribution in [0.15, 0.2) is 0 Å². The number of aliphatic hydroxyl groups excluding tert-OH is 1. The van der Waals surface area contributed by atoms with Gasteiger partial charge in [-0.3, -0.25) is 9.59 Å². The Bertz CT molecular complexity index is 241. The Balaban J connectivity index is 2.60. The summed E-state index contributed by atoms with van der Waals surface area (Å²) in [5.74, 6) is -0.825. The van der Waals surface area contributed by atoms with Gasteiger partial charge in [-0.05, 0) is 6.92 Å². The minimum Gasteiger partial charge on any atom is -0.469 e. The van der Waals surface area contributed by atoms with Crippen LogP contribution in [-0.2, 0) is 14.3 Å². The molecule has 80 valence electrons. The molecule has 1 fully saturated rings. The summed E-state index contributed by atoms with van der Waals surface area (Å²) >= 11 is 0. The standard InChI is InChI=1S/C9H15NO4/c1-6(5-11)10-4-7(3-8(10)12)9(13)14-2/h6-7,11H,3-5H2,1-2H3. The second-order valence-corrected chi connectivity index (χ2v) is 3.50. The van der Waals surface area contributed by atoms with Crippen LogP contribution in [0.1, 0.15) is 13.3 Å². The van der Waals surface area contributed by atoms with Crippen LogP contribution in [0.5, 0.6) is 0 Å². The summed E-state index contributed by atoms with van der Waals surface area (Å²) in [7, 11) is 1.31. The van der Waals surface area contributed by atoms with E-state index in [0.29, 0.717) is 6.54 Å². The lowest BCUT2D eigenvalue weighted by Crippen LogP contribution is -2.37. The number of ether oxygens (including phenoxy) is 1. The number of likely N-dealkylation sites (tertiary alicyclic amines) is 1. The quantitative estimate of drug-likeness (QED) is 0.618. The van der Waals surface area contributed by atoms with Crippen molar-refractivity contribution >= 4 is 11.9 Å². The van der Waals surface area contributed by atoms with Gasteiger partial charge >= 0.3 is 5.97 Å². The Morgan fingerprint density at radius 1 is 1.79 bits per heavy atom. The predicted molar refractivity (Wildman–Crippen MR) is 48.4 cm³/mol. The van der Waals surface area contributed by atoms with Gasteiger partial charge in [0.25, 0.3) is 0 Å². The Kier molecular flexibility index (Phi) is 3.46. The number of aliphatic hydroxyl groups is 1. The van der Waals surface area contributed by atoms with Crippen molar-refractivity contribution in [1.29, 1.82) is 0 Å². The van der Waals surface area contributed by atoms with Crippen molar-refractivity contribution in [2.24, 2.45) is 5.92 Å². The van der Waals surface area contributed by atoms with E-state index >= 15 is 0 Å². The van der Waals surface area contributed by atoms with Crippen LogP contribution in [0.25, 0.3) is 0 Å². The summed E-state index contributed by atoms with van der Waals surface area (Å²) in [6.45, 7) is 2.02. The molecule has 0 bridgehead atoms. The highest BCUT2D eigenvalue weighted by Gasteiger charge is 2.36. The first-order valence-corrected chi connectivity index (χ1v) is 4.58. The average molecular weight is 201 g/mol. The molecule has 0 aromatic heterocycles. The SMILES string of the molecule is COC(=O)C1CC(=O)N(C(C)CO)C1. The fourth-order valence-corrected chi connectivity index (χ4v) is 1.58. The molecular weight excluding hydrogens is 186 g/mol. The molecule has 0 aliphatic carbocycles. The second-order valence-electron chi connectivity index (χ2n) is 3.50. The van der Waals surface area contributed by atoms with Crippen molar-refractivity contribution in [2.45, 2.75) is 19.4 Å². The summed E-state index contributed by atoms with van der Waals surface area (Å²) in [6.07, 6.45) is 0.191. The molecule has 0 saturated carbocycles. The van der Waals surface area contributed by atoms with Crippen molar-refractivity contribution in [3.8, 4) is 0 Å². The zero-order valence-corrected chi connectivity index (χ0v) is 8.40. The van der Waals surface area contributed by atoms with Gasteiger partial charge in [0, 0.05) is 13.0 Å². The van der Waals surface area contributed by atoms with Gasteiger partial charge in [0.1, 0.15) is 0 Å². The van der Waals surface area contributed by atoms with Crippen LogP contribution >= 0.6 is 0 Å². The van der Waals surface area contributed by atoms with Crippen molar-refractivity contribution in [3.63, 3.8) is 0 Å². The zero-order chi connectivity index (χ0) is 10.7. The van der Waals surface area contributed by atoms with E-state index in [1.165, 1.54) is 12.0 Å². The first-order chi connectivity index (χ1) is 6.60. The van der Waals surface area contributed by atoms with Gasteiger partial charge in [-0.15, -0.1) is 0 Å². The molecule has 2 unspecified atom stereocenters. The lowest BCUT2D eigenvalue weighted by molar-refractivity contribution is -0.145. The molecule has 1 saturated heterocycles. The highest BCUT2D eigenvalue weighted by molar-refractivity contribution is 5.86. The monoisotopic (exact) mass is 201 g/mol. The molecule has 0 radical (unpaired) electrons. The topological polar surface area (TPSA) is 66.8 Å². The number of carbonyl (C=O) groups excluding carboxylic acids is 2. The fraction of sp³-hybridized carbons (Fsp3) is 0.778. The Hall–Kier alpha value is -1.10. The number of amides is 1. The average Bonchev–Trinajstić information content (AvgIpc) is 2.58. The van der Waals surface area contributed by atoms with Gasteiger partial charge in [-0.25, -0.2) is 0 Å². The van der Waals surface area contributed by atoms with E-state index < -0.39 is 0 Å². The van der Waals surface area contributed by atoms with Crippen LogP contribution < -0.4 is 0 Å². The van der Waals surface area contributed by atoms with Crippen LogP contribution in [0.4, 0.5) is 0 Å². The number of carbonyl (C=O) groups is 2. The van der Waals surface area contributed by atoms with Gasteiger partial charge in [-0.2, -0.15) is 0 Å². The van der Waals surface area contributed by atoms with Crippen LogP contribution in [0.2, 0.25) is 0 Å². The Morgan fingerprint density at radius 2 is 2.43 bits per heavy atom. The molecule has 1 N–H and O–H groups in total. The van der Waals surface area contributed by atoms with Gasteiger partial charge in [0.2, 0.25) is 5.91 Å². The van der Waals surface area contributed by atoms with E-state index in [1.807, 2.05) is 0 Å². The number of methoxy groups -OCH3 is 1. The second kappa shape index (κ2) is 4.41. The number of esters is 1. The predicted octanol–water partition coefficient (Wildman–Crippen LogP) is -0.611. The molecule has 1 aliphatic rings. The van der Waals surface area contributed by atoms with Crippen molar-refractivity contribution in [2.75, 3.05) is 20.3 Å². The molecule has 5 nitrogen and oxygen atoms in total. The molecule has 1 heterocycles. The summed E-state index contributed by atoms with van der Waals surface area (Å²) in [6, 6.07) is -0.225. The Labute approximate surface area is 82.6 Å². The van der Waals surface area contributed by atoms with Crippen molar-refractivity contribution in [1.82, 2.24) is 4.90 Å². The van der Waals surface area contributed by atoms with Crippen molar-refractivity contribution < 1.29 is 19.4 Å². The van der Waals surface area contributed by atoms with E-state index in [-0.39, 0.29) is 36.9 Å². The maximum absolute atomic E-state index is 11.4. The molecule has 5 heteroatoms. The highest BCUT2D eigenvalue weighted by atomic mass is 16.5. The van der Waals surface area contributed by atoms with Crippen molar-refractivity contribution in [3.05, 3.63) is 0 Å². The molecule has 1 rings (SSSR count). The van der Waals surface area contributed by atoms with Gasteiger partial charge in [-0.1, -0.05) is 0 Å². The van der Waals surface area contributed by atoms with Gasteiger partial charge < -0.3 is 14.7 Å². The maximum Gasteiger partial charge on any atom is 0.310 e. The fourth-order valence-electron chi connectivity index (χ4n) is 1.58. The third-order valence-electron chi connectivity index (χ3n) is 2.49. The third kappa shape index (κ3) is 2.04. The minimum absolute atomic E-state index is 0.0837. The maximum atomic E-state index is 11.4. The Morgan fingerprint density at radius 3 is 2.93 bits per heavy atom. The smallest absolute Gasteiger partial charge is 0.310 e. The largest absolute Gasteiger partial charge is 0.469 e. The van der Waals surface area contributed by atoms with E-state index in [9.17, 15) is 9.59 Å². The zero-order valence-electron chi connectivity index (χ0n) is 8.40. The molecule has 0 spiro atoms. The normalized spacial score (nSPS) is 23.8. The number of nitrogens with zero attached hydrogens (tertiary/aromatic N) is 1. The summed E-state index contributed by atoms with van der Waals surface area (Å²) in [5, 5.41) is 8.88. The summed E-state index contributed by atoms with van der Waals surface area (Å²) in [4.78, 5) is 24.1. The van der Waals surface area contributed by atoms with E-state index in [0.717, 1.165) is 0 Å². The van der Waals surface area contributed by atoms with E-state index in [2.05, 4.69) is 4.74 Å². The minimum atomic E-state index is -0.374. The molecule has 0 aromatic rings. The number of rotatable bonds is 3. The molecular formula is C9H15NO4. The number of hydrogen-bond donors (Lipinski definition) is 1. The van der Waals surface area contributed by atoms with Gasteiger partial charge in [0.15, 0.2) is 0 Å². The van der Waals surface area contributed by atoms with Crippen LogP contribution in [0, 0.1) is 5.92 Å². The molecule has 0 aromatic carbocycles. The lowest BCUT2D eigenvalue weighted by Gasteiger charge is -2.22. The first-order valence-electron chi connectivity index (χ1n) is 4.58. The molecule has 14 heavy (non-hydrogen) atoms. The number of hydrogen-bond acceptors (Lipinski definition) is 4. The molecule has 1 aliphatic heterocycles.